The Balaban J connectivity index is 1.44. The molecule has 0 amide bonds. The van der Waals surface area contributed by atoms with Crippen molar-refractivity contribution in [1.29, 1.82) is 0 Å². The fourth-order valence-electron chi connectivity index (χ4n) is 3.01. The maximum atomic E-state index is 12.9. The molecule has 9 heteroatoms. The topological polar surface area (TPSA) is 85.5 Å². The van der Waals surface area contributed by atoms with Gasteiger partial charge in [-0.25, -0.2) is 19.3 Å². The molecule has 3 aromatic rings. The van der Waals surface area contributed by atoms with Crippen molar-refractivity contribution < 1.29 is 19.0 Å². The normalized spacial score (nSPS) is 15.9. The number of benzene rings is 1. The third-order valence-corrected chi connectivity index (χ3v) is 4.36. The Bertz CT molecular complexity index is 896. The van der Waals surface area contributed by atoms with Crippen molar-refractivity contribution in [2.24, 2.45) is 0 Å². The highest BCUT2D eigenvalue weighted by Crippen LogP contribution is 2.22. The summed E-state index contributed by atoms with van der Waals surface area (Å²) in [7, 11) is 0. The van der Waals surface area contributed by atoms with Crippen molar-refractivity contribution in [1.82, 2.24) is 19.5 Å². The van der Waals surface area contributed by atoms with Gasteiger partial charge in [0.1, 0.15) is 30.6 Å². The minimum atomic E-state index is -0.769. The summed E-state index contributed by atoms with van der Waals surface area (Å²) in [6, 6.07) is 5.68. The van der Waals surface area contributed by atoms with Crippen LogP contribution in [0, 0.1) is 5.82 Å². The van der Waals surface area contributed by atoms with E-state index >= 15 is 0 Å². The predicted octanol–water partition coefficient (Wildman–Crippen LogP) is 1.24. The van der Waals surface area contributed by atoms with Crippen molar-refractivity contribution in [3.63, 3.8) is 0 Å². The summed E-state index contributed by atoms with van der Waals surface area (Å²) in [5.41, 5.74) is 1.36. The monoisotopic (exact) mass is 373 g/mol. The van der Waals surface area contributed by atoms with E-state index in [1.54, 1.807) is 10.9 Å². The summed E-state index contributed by atoms with van der Waals surface area (Å²) < 4.78 is 25.6. The fraction of sp³-hybridized carbons (Fsp3) is 0.389. The second-order valence-corrected chi connectivity index (χ2v) is 6.28. The number of ether oxygens (including phenoxy) is 2. The number of hydrogen-bond donors (Lipinski definition) is 1. The van der Waals surface area contributed by atoms with Crippen LogP contribution in [0.4, 0.5) is 10.2 Å². The lowest BCUT2D eigenvalue weighted by atomic mass is 10.3. The lowest BCUT2D eigenvalue weighted by molar-refractivity contribution is 0.0932. The predicted molar refractivity (Wildman–Crippen MR) is 96.3 cm³/mol. The number of imidazole rings is 1. The van der Waals surface area contributed by atoms with E-state index in [1.165, 1.54) is 30.6 Å². The van der Waals surface area contributed by atoms with Gasteiger partial charge in [0.15, 0.2) is 17.0 Å². The van der Waals surface area contributed by atoms with E-state index in [0.29, 0.717) is 30.1 Å². The minimum Gasteiger partial charge on any atom is -0.491 e. The number of aliphatic hydroxyl groups is 1. The fourth-order valence-corrected chi connectivity index (χ4v) is 3.01. The molecule has 0 spiro atoms. The molecular weight excluding hydrogens is 353 g/mol. The van der Waals surface area contributed by atoms with Crippen LogP contribution < -0.4 is 9.64 Å². The molecule has 8 nitrogen and oxygen atoms in total. The Hall–Kier alpha value is -2.78. The molecule has 1 aromatic carbocycles. The lowest BCUT2D eigenvalue weighted by Crippen LogP contribution is -2.37. The highest BCUT2D eigenvalue weighted by atomic mass is 19.1. The second kappa shape index (κ2) is 7.85. The molecule has 1 aliphatic heterocycles. The van der Waals surface area contributed by atoms with Crippen LogP contribution in [0.2, 0.25) is 0 Å². The Morgan fingerprint density at radius 2 is 1.93 bits per heavy atom. The van der Waals surface area contributed by atoms with Crippen LogP contribution in [0.15, 0.2) is 36.9 Å². The smallest absolute Gasteiger partial charge is 0.165 e. The molecule has 1 atom stereocenters. The molecule has 4 rings (SSSR count). The van der Waals surface area contributed by atoms with Crippen molar-refractivity contribution in [3.8, 4) is 5.75 Å². The zero-order chi connectivity index (χ0) is 18.6. The average Bonchev–Trinajstić information content (AvgIpc) is 3.11. The average molecular weight is 373 g/mol. The van der Waals surface area contributed by atoms with E-state index in [2.05, 4.69) is 19.9 Å². The molecule has 0 bridgehead atoms. The third kappa shape index (κ3) is 3.99. The van der Waals surface area contributed by atoms with Gasteiger partial charge in [0.25, 0.3) is 0 Å². The zero-order valence-corrected chi connectivity index (χ0v) is 14.7. The Kier molecular flexibility index (Phi) is 5.12. The van der Waals surface area contributed by atoms with Crippen molar-refractivity contribution >= 4 is 17.0 Å². The molecule has 1 saturated heterocycles. The first-order valence-corrected chi connectivity index (χ1v) is 8.75. The Labute approximate surface area is 155 Å². The summed E-state index contributed by atoms with van der Waals surface area (Å²) in [5.74, 6) is 0.950. The highest BCUT2D eigenvalue weighted by molar-refractivity contribution is 5.83. The van der Waals surface area contributed by atoms with Crippen LogP contribution in [-0.2, 0) is 11.3 Å². The van der Waals surface area contributed by atoms with Gasteiger partial charge in [-0.1, -0.05) is 0 Å². The van der Waals surface area contributed by atoms with Gasteiger partial charge in [-0.05, 0) is 24.3 Å². The van der Waals surface area contributed by atoms with Gasteiger partial charge in [-0.15, -0.1) is 0 Å². The number of morpholine rings is 1. The highest BCUT2D eigenvalue weighted by Gasteiger charge is 2.19. The molecule has 0 saturated carbocycles. The molecule has 0 radical (unpaired) electrons. The Morgan fingerprint density at radius 1 is 1.15 bits per heavy atom. The number of fused-ring (bicyclic) bond motifs is 1. The van der Waals surface area contributed by atoms with Crippen LogP contribution in [-0.4, -0.2) is 63.6 Å². The number of nitrogens with zero attached hydrogens (tertiary/aromatic N) is 5. The van der Waals surface area contributed by atoms with E-state index in [1.807, 2.05) is 0 Å². The summed E-state index contributed by atoms with van der Waals surface area (Å²) in [6.45, 7) is 3.18. The van der Waals surface area contributed by atoms with Gasteiger partial charge in [-0.3, -0.25) is 0 Å². The first-order valence-electron chi connectivity index (χ1n) is 8.75. The quantitative estimate of drug-likeness (QED) is 0.696. The number of aromatic nitrogens is 4. The maximum absolute atomic E-state index is 12.9. The van der Waals surface area contributed by atoms with Crippen LogP contribution in [0.25, 0.3) is 11.2 Å². The van der Waals surface area contributed by atoms with Crippen molar-refractivity contribution in [3.05, 3.63) is 42.7 Å². The maximum Gasteiger partial charge on any atom is 0.165 e. The van der Waals surface area contributed by atoms with Gasteiger partial charge in [0.05, 0.1) is 26.1 Å². The van der Waals surface area contributed by atoms with Gasteiger partial charge < -0.3 is 24.0 Å². The minimum absolute atomic E-state index is 0.0761. The van der Waals surface area contributed by atoms with Gasteiger partial charge in [0.2, 0.25) is 0 Å². The SMILES string of the molecule is OC(COc1ccc(F)cc1)Cn1cnc2c(N3CCOCC3)ncnc21. The summed E-state index contributed by atoms with van der Waals surface area (Å²) in [6.07, 6.45) is 2.38. The second-order valence-electron chi connectivity index (χ2n) is 6.28. The van der Waals surface area contributed by atoms with Gasteiger partial charge in [-0.2, -0.15) is 0 Å². The molecular formula is C18H20FN5O3. The van der Waals surface area contributed by atoms with Crippen molar-refractivity contribution in [2.45, 2.75) is 12.6 Å². The van der Waals surface area contributed by atoms with E-state index in [4.69, 9.17) is 9.47 Å². The van der Waals surface area contributed by atoms with Crippen LogP contribution in [0.3, 0.4) is 0 Å². The number of rotatable bonds is 6. The number of aliphatic hydroxyl groups excluding tert-OH is 1. The van der Waals surface area contributed by atoms with E-state index in [9.17, 15) is 9.50 Å². The van der Waals surface area contributed by atoms with E-state index < -0.39 is 6.10 Å². The largest absolute Gasteiger partial charge is 0.491 e. The summed E-state index contributed by atoms with van der Waals surface area (Å²) >= 11 is 0. The number of hydrogen-bond acceptors (Lipinski definition) is 7. The molecule has 1 fully saturated rings. The molecule has 1 unspecified atom stereocenters. The van der Waals surface area contributed by atoms with Crippen LogP contribution in [0.1, 0.15) is 0 Å². The summed E-state index contributed by atoms with van der Waals surface area (Å²) in [5, 5.41) is 10.3. The van der Waals surface area contributed by atoms with Crippen molar-refractivity contribution in [2.75, 3.05) is 37.8 Å². The standard InChI is InChI=1S/C18H20FN5O3/c19-13-1-3-15(4-2-13)27-10-14(25)9-24-12-22-16-17(20-11-21-18(16)24)23-5-7-26-8-6-23/h1-4,11-12,14,25H,5-10H2. The molecule has 1 N–H and O–H groups in total. The van der Waals surface area contributed by atoms with Gasteiger partial charge >= 0.3 is 0 Å². The molecule has 142 valence electrons. The molecule has 1 aliphatic rings. The molecule has 2 aromatic heterocycles. The Morgan fingerprint density at radius 3 is 2.70 bits per heavy atom. The van der Waals surface area contributed by atoms with Gasteiger partial charge in [0, 0.05) is 13.1 Å². The molecule has 0 aliphatic carbocycles. The lowest BCUT2D eigenvalue weighted by Gasteiger charge is -2.27. The first kappa shape index (κ1) is 17.6. The number of halogens is 1. The third-order valence-electron chi connectivity index (χ3n) is 4.36. The van der Waals surface area contributed by atoms with E-state index in [-0.39, 0.29) is 19.0 Å². The zero-order valence-electron chi connectivity index (χ0n) is 14.7. The van der Waals surface area contributed by atoms with Crippen LogP contribution >= 0.6 is 0 Å². The molecule has 27 heavy (non-hydrogen) atoms. The first-order chi connectivity index (χ1) is 13.2. The van der Waals surface area contributed by atoms with Crippen LogP contribution in [0.5, 0.6) is 5.75 Å². The van der Waals surface area contributed by atoms with E-state index in [0.717, 1.165) is 18.9 Å². The molecule has 3 heterocycles. The number of anilines is 1. The summed E-state index contributed by atoms with van der Waals surface area (Å²) in [4.78, 5) is 15.2.